The molecule has 2 N–H and O–H groups in total. The second-order valence-corrected chi connectivity index (χ2v) is 6.13. The SMILES string of the molecule is CCCCOc1ncccc1CNC(=NC)NCc1ccc(OC)cc1OC.I. The number of guanidine groups is 1. The summed E-state index contributed by atoms with van der Waals surface area (Å²) < 4.78 is 16.5. The molecule has 1 aromatic carbocycles. The number of nitrogens with one attached hydrogen (secondary N) is 2. The molecule has 1 heterocycles. The van der Waals surface area contributed by atoms with Gasteiger partial charge in [-0.1, -0.05) is 19.4 Å². The van der Waals surface area contributed by atoms with Crippen molar-refractivity contribution in [2.24, 2.45) is 4.99 Å². The second-order valence-electron chi connectivity index (χ2n) is 6.13. The van der Waals surface area contributed by atoms with Gasteiger partial charge in [0.1, 0.15) is 11.5 Å². The summed E-state index contributed by atoms with van der Waals surface area (Å²) in [6.07, 6.45) is 3.84. The number of hydrogen-bond donors (Lipinski definition) is 2. The van der Waals surface area contributed by atoms with Crippen LogP contribution in [0.3, 0.4) is 0 Å². The van der Waals surface area contributed by atoms with E-state index in [1.165, 1.54) is 0 Å². The molecule has 29 heavy (non-hydrogen) atoms. The lowest BCUT2D eigenvalue weighted by molar-refractivity contribution is 0.294. The molecular weight excluding hydrogens is 483 g/mol. The number of benzene rings is 1. The van der Waals surface area contributed by atoms with Gasteiger partial charge in [-0.25, -0.2) is 4.98 Å². The minimum atomic E-state index is 0. The number of hydrogen-bond acceptors (Lipinski definition) is 5. The fraction of sp³-hybridized carbons (Fsp3) is 0.429. The predicted molar refractivity (Wildman–Crippen MR) is 127 cm³/mol. The Hall–Kier alpha value is -2.23. The van der Waals surface area contributed by atoms with Crippen LogP contribution in [0.4, 0.5) is 0 Å². The number of pyridine rings is 1. The zero-order valence-corrected chi connectivity index (χ0v) is 19.9. The van der Waals surface area contributed by atoms with Crippen molar-refractivity contribution in [3.8, 4) is 17.4 Å². The summed E-state index contributed by atoms with van der Waals surface area (Å²) in [6, 6.07) is 9.65. The van der Waals surface area contributed by atoms with Crippen LogP contribution < -0.4 is 24.8 Å². The highest BCUT2D eigenvalue weighted by Crippen LogP contribution is 2.24. The summed E-state index contributed by atoms with van der Waals surface area (Å²) in [4.78, 5) is 8.62. The molecule has 0 radical (unpaired) electrons. The normalized spacial score (nSPS) is 10.7. The fourth-order valence-corrected chi connectivity index (χ4v) is 2.58. The van der Waals surface area contributed by atoms with Gasteiger partial charge in [-0.2, -0.15) is 0 Å². The summed E-state index contributed by atoms with van der Waals surface area (Å²) in [6.45, 7) is 3.94. The van der Waals surface area contributed by atoms with Gasteiger partial charge in [0.15, 0.2) is 5.96 Å². The molecule has 0 saturated heterocycles. The molecule has 2 rings (SSSR count). The van der Waals surface area contributed by atoms with E-state index in [-0.39, 0.29) is 24.0 Å². The fourth-order valence-electron chi connectivity index (χ4n) is 2.58. The van der Waals surface area contributed by atoms with E-state index in [1.54, 1.807) is 27.5 Å². The Bertz CT molecular complexity index is 771. The standard InChI is InChI=1S/C21H30N4O3.HI/c1-5-6-12-28-20-17(8-7-11-23-20)15-25-21(22-2)24-14-16-9-10-18(26-3)13-19(16)27-4;/h7-11,13H,5-6,12,14-15H2,1-4H3,(H2,22,24,25);1H. The monoisotopic (exact) mass is 514 g/mol. The van der Waals surface area contributed by atoms with Crippen LogP contribution in [-0.4, -0.2) is 38.8 Å². The van der Waals surface area contributed by atoms with E-state index in [9.17, 15) is 0 Å². The predicted octanol–water partition coefficient (Wildman–Crippen LogP) is 3.76. The highest BCUT2D eigenvalue weighted by atomic mass is 127. The van der Waals surface area contributed by atoms with Crippen molar-refractivity contribution < 1.29 is 14.2 Å². The van der Waals surface area contributed by atoms with Crippen molar-refractivity contribution in [2.45, 2.75) is 32.9 Å². The van der Waals surface area contributed by atoms with Crippen LogP contribution in [0.1, 0.15) is 30.9 Å². The quantitative estimate of drug-likeness (QED) is 0.218. The van der Waals surface area contributed by atoms with Gasteiger partial charge in [0.2, 0.25) is 5.88 Å². The van der Waals surface area contributed by atoms with Crippen molar-refractivity contribution in [2.75, 3.05) is 27.9 Å². The van der Waals surface area contributed by atoms with Crippen LogP contribution in [0, 0.1) is 0 Å². The van der Waals surface area contributed by atoms with Crippen LogP contribution >= 0.6 is 24.0 Å². The Balaban J connectivity index is 0.00000420. The Morgan fingerprint density at radius 3 is 2.48 bits per heavy atom. The van der Waals surface area contributed by atoms with Crippen LogP contribution in [0.5, 0.6) is 17.4 Å². The molecule has 0 bridgehead atoms. The van der Waals surface area contributed by atoms with Crippen molar-refractivity contribution in [3.05, 3.63) is 47.7 Å². The molecule has 0 atom stereocenters. The number of aliphatic imine (C=N–C) groups is 1. The van der Waals surface area contributed by atoms with Crippen molar-refractivity contribution in [3.63, 3.8) is 0 Å². The smallest absolute Gasteiger partial charge is 0.218 e. The molecular formula is C21H31IN4O3. The van der Waals surface area contributed by atoms with Gasteiger partial charge in [-0.05, 0) is 24.6 Å². The molecule has 0 unspecified atom stereocenters. The first-order chi connectivity index (χ1) is 13.7. The molecule has 0 fully saturated rings. The lowest BCUT2D eigenvalue weighted by Crippen LogP contribution is -2.36. The molecule has 7 nitrogen and oxygen atoms in total. The van der Waals surface area contributed by atoms with Crippen molar-refractivity contribution in [1.82, 2.24) is 15.6 Å². The van der Waals surface area contributed by atoms with E-state index in [4.69, 9.17) is 14.2 Å². The zero-order valence-electron chi connectivity index (χ0n) is 17.5. The molecule has 1 aromatic heterocycles. The first kappa shape index (κ1) is 24.8. The molecule has 0 saturated carbocycles. The Labute approximate surface area is 190 Å². The second kappa shape index (κ2) is 13.9. The Kier molecular flexibility index (Phi) is 11.9. The number of nitrogens with zero attached hydrogens (tertiary/aromatic N) is 2. The van der Waals surface area contributed by atoms with Crippen LogP contribution in [0.25, 0.3) is 0 Å². The molecule has 0 aliphatic carbocycles. The first-order valence-electron chi connectivity index (χ1n) is 9.43. The van der Waals surface area contributed by atoms with Crippen LogP contribution in [-0.2, 0) is 13.1 Å². The summed E-state index contributed by atoms with van der Waals surface area (Å²) in [5.74, 6) is 2.87. The molecule has 0 amide bonds. The number of aromatic nitrogens is 1. The van der Waals surface area contributed by atoms with E-state index in [1.807, 2.05) is 30.3 Å². The maximum absolute atomic E-state index is 5.79. The first-order valence-corrected chi connectivity index (χ1v) is 9.43. The molecule has 2 aromatic rings. The van der Waals surface area contributed by atoms with Gasteiger partial charge in [0.05, 0.1) is 20.8 Å². The number of rotatable bonds is 10. The average Bonchev–Trinajstić information content (AvgIpc) is 2.74. The molecule has 0 aliphatic heterocycles. The Morgan fingerprint density at radius 1 is 1.07 bits per heavy atom. The molecule has 160 valence electrons. The Morgan fingerprint density at radius 2 is 1.83 bits per heavy atom. The average molecular weight is 514 g/mol. The number of methoxy groups -OCH3 is 2. The third-order valence-corrected chi connectivity index (χ3v) is 4.20. The third kappa shape index (κ3) is 7.96. The number of ether oxygens (including phenoxy) is 3. The minimum absolute atomic E-state index is 0. The highest BCUT2D eigenvalue weighted by molar-refractivity contribution is 14.0. The largest absolute Gasteiger partial charge is 0.497 e. The summed E-state index contributed by atoms with van der Waals surface area (Å²) in [5, 5.41) is 6.60. The topological polar surface area (TPSA) is 77.0 Å². The van der Waals surface area contributed by atoms with E-state index < -0.39 is 0 Å². The van der Waals surface area contributed by atoms with Crippen LogP contribution in [0.15, 0.2) is 41.5 Å². The van der Waals surface area contributed by atoms with E-state index in [2.05, 4.69) is 27.5 Å². The van der Waals surface area contributed by atoms with Gasteiger partial charge in [-0.15, -0.1) is 24.0 Å². The highest BCUT2D eigenvalue weighted by Gasteiger charge is 2.08. The lowest BCUT2D eigenvalue weighted by Gasteiger charge is -2.15. The van der Waals surface area contributed by atoms with Gasteiger partial charge >= 0.3 is 0 Å². The maximum atomic E-state index is 5.79. The van der Waals surface area contributed by atoms with E-state index >= 15 is 0 Å². The summed E-state index contributed by atoms with van der Waals surface area (Å²) >= 11 is 0. The van der Waals surface area contributed by atoms with Gasteiger partial charge < -0.3 is 24.8 Å². The summed E-state index contributed by atoms with van der Waals surface area (Å²) in [7, 11) is 5.02. The number of unbranched alkanes of at least 4 members (excludes halogenated alkanes) is 1. The van der Waals surface area contributed by atoms with E-state index in [0.29, 0.717) is 31.5 Å². The lowest BCUT2D eigenvalue weighted by atomic mass is 10.2. The van der Waals surface area contributed by atoms with Gasteiger partial charge in [-0.3, -0.25) is 4.99 Å². The van der Waals surface area contributed by atoms with Crippen molar-refractivity contribution >= 4 is 29.9 Å². The molecule has 8 heteroatoms. The van der Waals surface area contributed by atoms with Gasteiger partial charge in [0, 0.05) is 43.5 Å². The minimum Gasteiger partial charge on any atom is -0.497 e. The maximum Gasteiger partial charge on any atom is 0.218 e. The molecule has 0 spiro atoms. The van der Waals surface area contributed by atoms with Gasteiger partial charge in [0.25, 0.3) is 0 Å². The van der Waals surface area contributed by atoms with E-state index in [0.717, 1.165) is 35.5 Å². The zero-order chi connectivity index (χ0) is 20.2. The number of halogens is 1. The van der Waals surface area contributed by atoms with Crippen LogP contribution in [0.2, 0.25) is 0 Å². The third-order valence-electron chi connectivity index (χ3n) is 4.20. The van der Waals surface area contributed by atoms with Crippen molar-refractivity contribution in [1.29, 1.82) is 0 Å². The molecule has 0 aliphatic rings. The summed E-state index contributed by atoms with van der Waals surface area (Å²) in [5.41, 5.74) is 2.00.